The maximum absolute atomic E-state index is 4.54. The van der Waals surface area contributed by atoms with Gasteiger partial charge in [-0.1, -0.05) is 6.92 Å². The molecule has 1 atom stereocenters. The highest BCUT2D eigenvalue weighted by atomic mass is 15.2. The number of imidazole rings is 1. The number of hydrogen-bond donors (Lipinski definition) is 0. The maximum Gasteiger partial charge on any atom is 0.233 e. The van der Waals surface area contributed by atoms with Crippen LogP contribution in [-0.2, 0) is 6.54 Å². The zero-order valence-corrected chi connectivity index (χ0v) is 10.2. The van der Waals surface area contributed by atoms with Gasteiger partial charge in [0.25, 0.3) is 0 Å². The molecule has 4 nitrogen and oxygen atoms in total. The summed E-state index contributed by atoms with van der Waals surface area (Å²) in [5.74, 6) is 1.62. The first-order chi connectivity index (χ1) is 8.31. The van der Waals surface area contributed by atoms with E-state index in [-0.39, 0.29) is 0 Å². The van der Waals surface area contributed by atoms with Crippen molar-refractivity contribution in [3.63, 3.8) is 0 Å². The molecule has 2 aromatic heterocycles. The summed E-state index contributed by atoms with van der Waals surface area (Å²) in [6.45, 7) is 5.68. The monoisotopic (exact) mass is 230 g/mol. The van der Waals surface area contributed by atoms with E-state index in [0.717, 1.165) is 23.9 Å². The van der Waals surface area contributed by atoms with E-state index in [1.54, 1.807) is 6.20 Å². The van der Waals surface area contributed by atoms with Gasteiger partial charge in [0.05, 0.1) is 5.69 Å². The number of hydrogen-bond acceptors (Lipinski definition) is 3. The van der Waals surface area contributed by atoms with Crippen LogP contribution in [0.15, 0.2) is 24.7 Å². The quantitative estimate of drug-likeness (QED) is 0.790. The topological polar surface area (TPSA) is 33.4 Å². The summed E-state index contributed by atoms with van der Waals surface area (Å²) in [5, 5.41) is 0. The van der Waals surface area contributed by atoms with E-state index >= 15 is 0 Å². The molecule has 1 fully saturated rings. The molecule has 1 saturated heterocycles. The minimum Gasteiger partial charge on any atom is -0.297 e. The SMILES string of the molecule is CC1CCCN(Cc2cn3cccnc3n2)C1. The van der Waals surface area contributed by atoms with Crippen molar-refractivity contribution in [2.24, 2.45) is 5.92 Å². The van der Waals surface area contributed by atoms with Gasteiger partial charge in [-0.3, -0.25) is 9.30 Å². The van der Waals surface area contributed by atoms with E-state index < -0.39 is 0 Å². The van der Waals surface area contributed by atoms with E-state index in [1.807, 2.05) is 16.7 Å². The van der Waals surface area contributed by atoms with Crippen LogP contribution in [0.25, 0.3) is 5.78 Å². The number of nitrogens with zero attached hydrogens (tertiary/aromatic N) is 4. The number of piperidine rings is 1. The van der Waals surface area contributed by atoms with Crippen LogP contribution in [0, 0.1) is 5.92 Å². The molecule has 0 amide bonds. The van der Waals surface area contributed by atoms with Gasteiger partial charge in [-0.2, -0.15) is 0 Å². The molecule has 90 valence electrons. The van der Waals surface area contributed by atoms with Gasteiger partial charge in [0, 0.05) is 31.7 Å². The van der Waals surface area contributed by atoms with E-state index in [1.165, 1.54) is 25.9 Å². The molecule has 1 aliphatic heterocycles. The van der Waals surface area contributed by atoms with E-state index in [0.29, 0.717) is 0 Å². The second-order valence-electron chi connectivity index (χ2n) is 5.04. The van der Waals surface area contributed by atoms with Crippen molar-refractivity contribution in [1.82, 2.24) is 19.3 Å². The number of rotatable bonds is 2. The predicted molar refractivity (Wildman–Crippen MR) is 66.7 cm³/mol. The van der Waals surface area contributed by atoms with Crippen molar-refractivity contribution in [2.45, 2.75) is 26.3 Å². The number of aromatic nitrogens is 3. The van der Waals surface area contributed by atoms with Crippen molar-refractivity contribution < 1.29 is 0 Å². The molecular formula is C13H18N4. The first-order valence-electron chi connectivity index (χ1n) is 6.32. The van der Waals surface area contributed by atoms with Crippen molar-refractivity contribution in [2.75, 3.05) is 13.1 Å². The lowest BCUT2D eigenvalue weighted by Crippen LogP contribution is -2.33. The molecule has 3 heterocycles. The fraction of sp³-hybridized carbons (Fsp3) is 0.538. The Morgan fingerprint density at radius 1 is 1.47 bits per heavy atom. The Labute approximate surface area is 101 Å². The van der Waals surface area contributed by atoms with Gasteiger partial charge in [-0.25, -0.2) is 9.97 Å². The third kappa shape index (κ3) is 2.31. The summed E-state index contributed by atoms with van der Waals surface area (Å²) in [6, 6.07) is 1.93. The minimum absolute atomic E-state index is 0.799. The second-order valence-corrected chi connectivity index (χ2v) is 5.04. The Hall–Kier alpha value is -1.42. The third-order valence-electron chi connectivity index (χ3n) is 3.41. The summed E-state index contributed by atoms with van der Waals surface area (Å²) in [6.07, 6.45) is 8.55. The van der Waals surface area contributed by atoms with E-state index in [2.05, 4.69) is 28.0 Å². The molecule has 17 heavy (non-hydrogen) atoms. The molecule has 0 bridgehead atoms. The largest absolute Gasteiger partial charge is 0.297 e. The van der Waals surface area contributed by atoms with Crippen molar-refractivity contribution in [3.05, 3.63) is 30.4 Å². The molecule has 0 radical (unpaired) electrons. The van der Waals surface area contributed by atoms with Gasteiger partial charge in [-0.15, -0.1) is 0 Å². The molecule has 1 unspecified atom stereocenters. The first kappa shape index (κ1) is 10.7. The first-order valence-corrected chi connectivity index (χ1v) is 6.32. The predicted octanol–water partition coefficient (Wildman–Crippen LogP) is 1.96. The van der Waals surface area contributed by atoms with Crippen LogP contribution in [0.5, 0.6) is 0 Å². The van der Waals surface area contributed by atoms with Crippen LogP contribution in [0.3, 0.4) is 0 Å². The highest BCUT2D eigenvalue weighted by molar-refractivity contribution is 5.29. The second kappa shape index (κ2) is 4.45. The molecule has 3 rings (SSSR count). The number of likely N-dealkylation sites (tertiary alicyclic amines) is 1. The lowest BCUT2D eigenvalue weighted by atomic mass is 10.0. The zero-order valence-electron chi connectivity index (χ0n) is 10.2. The molecule has 0 aromatic carbocycles. The average Bonchev–Trinajstić information content (AvgIpc) is 2.71. The molecule has 4 heteroatoms. The van der Waals surface area contributed by atoms with Gasteiger partial charge in [0.15, 0.2) is 0 Å². The smallest absolute Gasteiger partial charge is 0.233 e. The normalized spacial score (nSPS) is 22.1. The summed E-state index contributed by atoms with van der Waals surface area (Å²) in [4.78, 5) is 11.3. The Morgan fingerprint density at radius 3 is 3.24 bits per heavy atom. The Balaban J connectivity index is 1.75. The van der Waals surface area contributed by atoms with Gasteiger partial charge < -0.3 is 0 Å². The van der Waals surface area contributed by atoms with Crippen LogP contribution >= 0.6 is 0 Å². The average molecular weight is 230 g/mol. The van der Waals surface area contributed by atoms with Crippen LogP contribution in [0.1, 0.15) is 25.5 Å². The molecule has 0 aliphatic carbocycles. The van der Waals surface area contributed by atoms with Crippen LogP contribution < -0.4 is 0 Å². The molecule has 0 spiro atoms. The number of fused-ring (bicyclic) bond motifs is 1. The van der Waals surface area contributed by atoms with Crippen LogP contribution in [0.2, 0.25) is 0 Å². The molecule has 0 N–H and O–H groups in total. The minimum atomic E-state index is 0.799. The summed E-state index contributed by atoms with van der Waals surface area (Å²) >= 11 is 0. The molecular weight excluding hydrogens is 212 g/mol. The van der Waals surface area contributed by atoms with Crippen molar-refractivity contribution >= 4 is 5.78 Å². The van der Waals surface area contributed by atoms with Crippen molar-refractivity contribution in [1.29, 1.82) is 0 Å². The Bertz CT molecular complexity index is 472. The standard InChI is InChI=1S/C13H18N4/c1-11-4-2-6-16(8-11)9-12-10-17-7-3-5-14-13(17)15-12/h3,5,7,10-11H,2,4,6,8-9H2,1H3. The van der Waals surface area contributed by atoms with Crippen LogP contribution in [-0.4, -0.2) is 32.4 Å². The molecule has 2 aromatic rings. The summed E-state index contributed by atoms with van der Waals surface area (Å²) in [5.41, 5.74) is 1.12. The lowest BCUT2D eigenvalue weighted by Gasteiger charge is -2.30. The molecule has 0 saturated carbocycles. The third-order valence-corrected chi connectivity index (χ3v) is 3.41. The Kier molecular flexibility index (Phi) is 2.81. The van der Waals surface area contributed by atoms with E-state index in [4.69, 9.17) is 0 Å². The lowest BCUT2D eigenvalue weighted by molar-refractivity contribution is 0.175. The van der Waals surface area contributed by atoms with Gasteiger partial charge in [0.1, 0.15) is 0 Å². The molecule has 1 aliphatic rings. The highest BCUT2D eigenvalue weighted by Crippen LogP contribution is 2.17. The summed E-state index contributed by atoms with van der Waals surface area (Å²) in [7, 11) is 0. The van der Waals surface area contributed by atoms with Gasteiger partial charge in [0.2, 0.25) is 5.78 Å². The zero-order chi connectivity index (χ0) is 11.7. The Morgan fingerprint density at radius 2 is 2.41 bits per heavy atom. The fourth-order valence-corrected chi connectivity index (χ4v) is 2.62. The summed E-state index contributed by atoms with van der Waals surface area (Å²) < 4.78 is 1.99. The van der Waals surface area contributed by atoms with Crippen LogP contribution in [0.4, 0.5) is 0 Å². The maximum atomic E-state index is 4.54. The highest BCUT2D eigenvalue weighted by Gasteiger charge is 2.17. The van der Waals surface area contributed by atoms with Crippen molar-refractivity contribution in [3.8, 4) is 0 Å². The van der Waals surface area contributed by atoms with E-state index in [9.17, 15) is 0 Å². The van der Waals surface area contributed by atoms with Gasteiger partial charge in [-0.05, 0) is 31.4 Å². The fourth-order valence-electron chi connectivity index (χ4n) is 2.62. The van der Waals surface area contributed by atoms with Gasteiger partial charge >= 0.3 is 0 Å².